The number of furan rings is 1. The Hall–Kier alpha value is -7.76. The molecule has 2 aliphatic heterocycles. The van der Waals surface area contributed by atoms with Gasteiger partial charge in [0.25, 0.3) is 6.71 Å². The van der Waals surface area contributed by atoms with E-state index in [9.17, 15) is 0 Å². The van der Waals surface area contributed by atoms with Gasteiger partial charge < -0.3 is 18.8 Å². The van der Waals surface area contributed by atoms with Crippen molar-refractivity contribution in [1.29, 1.82) is 0 Å². The molecule has 9 aromatic carbocycles. The van der Waals surface area contributed by atoms with Crippen molar-refractivity contribution >= 4 is 62.1 Å². The molecule has 3 heterocycles. The van der Waals surface area contributed by atoms with Crippen LogP contribution in [0, 0.1) is 6.92 Å². The summed E-state index contributed by atoms with van der Waals surface area (Å²) < 4.78 is 21.1. The Balaban J connectivity index is 1.08. The van der Waals surface area contributed by atoms with E-state index in [-0.39, 0.29) is 6.71 Å². The van der Waals surface area contributed by atoms with E-state index in [0.29, 0.717) is 0 Å². The summed E-state index contributed by atoms with van der Waals surface area (Å²) in [4.78, 5) is 2.28. The van der Waals surface area contributed by atoms with Crippen LogP contribution in [-0.2, 0) is 0 Å². The second kappa shape index (κ2) is 13.7. The molecule has 5 heteroatoms. The number of para-hydroxylation sites is 2. The van der Waals surface area contributed by atoms with Gasteiger partial charge in [-0.2, -0.15) is 0 Å². The maximum absolute atomic E-state index is 7.05. The van der Waals surface area contributed by atoms with Crippen molar-refractivity contribution in [3.8, 4) is 56.4 Å². The van der Waals surface area contributed by atoms with Gasteiger partial charge in [0.1, 0.15) is 28.6 Å². The van der Waals surface area contributed by atoms with E-state index in [0.717, 1.165) is 117 Å². The highest BCUT2D eigenvalue weighted by Crippen LogP contribution is 2.47. The van der Waals surface area contributed by atoms with Gasteiger partial charge in [-0.15, -0.1) is 0 Å². The summed E-state index contributed by atoms with van der Waals surface area (Å²) in [5, 5.41) is 2.12. The van der Waals surface area contributed by atoms with Crippen LogP contribution in [0.15, 0.2) is 205 Å². The number of hydrogen-bond donors (Lipinski definition) is 0. The average molecular weight is 770 g/mol. The summed E-state index contributed by atoms with van der Waals surface area (Å²) in [5.41, 5.74) is 15.6. The SMILES string of the molecule is Cc1cccc(N(c2cc3c4c(c2)Oc2cc(-c5ccccc5)ccc2B4c2ccc(-c4ccccc4)cc2O3)c2cccc3c2oc2c(-c4ccccc4)cccc23)c1. The zero-order valence-corrected chi connectivity index (χ0v) is 32.8. The lowest BCUT2D eigenvalue weighted by Crippen LogP contribution is -2.57. The van der Waals surface area contributed by atoms with Crippen molar-refractivity contribution in [1.82, 2.24) is 0 Å². The first-order valence-corrected chi connectivity index (χ1v) is 20.4. The molecule has 60 heavy (non-hydrogen) atoms. The van der Waals surface area contributed by atoms with Gasteiger partial charge in [0.05, 0.1) is 11.4 Å². The summed E-state index contributed by atoms with van der Waals surface area (Å²) in [7, 11) is 0. The minimum Gasteiger partial charge on any atom is -0.458 e. The first-order chi connectivity index (χ1) is 29.6. The Labute approximate surface area is 348 Å². The minimum atomic E-state index is -0.0890. The van der Waals surface area contributed by atoms with E-state index >= 15 is 0 Å². The van der Waals surface area contributed by atoms with Crippen LogP contribution in [0.1, 0.15) is 5.56 Å². The molecular formula is C55H36BNO3. The van der Waals surface area contributed by atoms with Gasteiger partial charge >= 0.3 is 0 Å². The van der Waals surface area contributed by atoms with E-state index in [4.69, 9.17) is 13.9 Å². The van der Waals surface area contributed by atoms with Gasteiger partial charge in [0.15, 0.2) is 5.58 Å². The molecule has 0 fully saturated rings. The lowest BCUT2D eigenvalue weighted by Gasteiger charge is -2.35. The monoisotopic (exact) mass is 769 g/mol. The molecular weight excluding hydrogens is 733 g/mol. The third-order valence-corrected chi connectivity index (χ3v) is 12.0. The molecule has 12 rings (SSSR count). The standard InChI is InChI=1S/C55H36BNO3/c1-35-14-11-21-41(30-35)57(48-25-13-24-45-44-23-12-22-43(54(44)60-55(45)48)38-19-9-4-10-20-38)42-33-51-53-52(34-42)59-50-32-40(37-17-7-3-8-18-37)27-29-47(50)56(53)46-28-26-39(31-49(46)58-51)36-15-5-2-6-16-36/h2-34H,1H3. The number of anilines is 3. The van der Waals surface area contributed by atoms with Gasteiger partial charge in [0.2, 0.25) is 0 Å². The zero-order valence-electron chi connectivity index (χ0n) is 32.8. The van der Waals surface area contributed by atoms with Crippen LogP contribution in [0.5, 0.6) is 23.0 Å². The molecule has 0 N–H and O–H groups in total. The zero-order chi connectivity index (χ0) is 39.7. The smallest absolute Gasteiger partial charge is 0.260 e. The molecule has 10 aromatic rings. The minimum absolute atomic E-state index is 0.0890. The van der Waals surface area contributed by atoms with Crippen LogP contribution in [0.2, 0.25) is 0 Å². The van der Waals surface area contributed by atoms with Gasteiger partial charge in [-0.3, -0.25) is 0 Å². The maximum atomic E-state index is 7.05. The molecule has 0 radical (unpaired) electrons. The lowest BCUT2D eigenvalue weighted by atomic mass is 9.34. The fourth-order valence-corrected chi connectivity index (χ4v) is 9.25. The largest absolute Gasteiger partial charge is 0.458 e. The lowest BCUT2D eigenvalue weighted by molar-refractivity contribution is 0.465. The van der Waals surface area contributed by atoms with E-state index in [2.05, 4.69) is 206 Å². The predicted molar refractivity (Wildman–Crippen MR) is 247 cm³/mol. The highest BCUT2D eigenvalue weighted by Gasteiger charge is 2.41. The molecule has 0 unspecified atom stereocenters. The van der Waals surface area contributed by atoms with E-state index in [1.54, 1.807) is 0 Å². The summed E-state index contributed by atoms with van der Waals surface area (Å²) in [6.07, 6.45) is 0. The molecule has 0 aliphatic carbocycles. The first kappa shape index (κ1) is 34.3. The molecule has 0 amide bonds. The predicted octanol–water partition coefficient (Wildman–Crippen LogP) is 13.1. The fourth-order valence-electron chi connectivity index (χ4n) is 9.25. The Bertz CT molecular complexity index is 3170. The molecule has 2 aliphatic rings. The number of fused-ring (bicyclic) bond motifs is 7. The third kappa shape index (κ3) is 5.54. The van der Waals surface area contributed by atoms with Crippen molar-refractivity contribution in [3.05, 3.63) is 206 Å². The summed E-state index contributed by atoms with van der Waals surface area (Å²) >= 11 is 0. The Morgan fingerprint density at radius 2 is 0.950 bits per heavy atom. The van der Waals surface area contributed by atoms with Gasteiger partial charge in [-0.05, 0) is 81.6 Å². The van der Waals surface area contributed by atoms with Crippen molar-refractivity contribution < 1.29 is 13.9 Å². The molecule has 1 aromatic heterocycles. The molecule has 282 valence electrons. The van der Waals surface area contributed by atoms with Crippen molar-refractivity contribution in [2.24, 2.45) is 0 Å². The third-order valence-electron chi connectivity index (χ3n) is 12.0. The number of rotatable bonds is 6. The quantitative estimate of drug-likeness (QED) is 0.158. The van der Waals surface area contributed by atoms with Crippen LogP contribution >= 0.6 is 0 Å². The van der Waals surface area contributed by atoms with Crippen molar-refractivity contribution in [3.63, 3.8) is 0 Å². The van der Waals surface area contributed by atoms with Crippen molar-refractivity contribution in [2.75, 3.05) is 4.90 Å². The van der Waals surface area contributed by atoms with E-state index < -0.39 is 0 Å². The summed E-state index contributed by atoms with van der Waals surface area (Å²) in [6, 6.07) is 70.5. The van der Waals surface area contributed by atoms with Crippen LogP contribution < -0.4 is 30.8 Å². The Morgan fingerprint density at radius 1 is 0.400 bits per heavy atom. The molecule has 0 saturated carbocycles. The summed E-state index contributed by atoms with van der Waals surface area (Å²) in [6.45, 7) is 2.04. The topological polar surface area (TPSA) is 34.8 Å². The van der Waals surface area contributed by atoms with Gasteiger partial charge in [-0.1, -0.05) is 158 Å². The van der Waals surface area contributed by atoms with Gasteiger partial charge in [-0.25, -0.2) is 0 Å². The molecule has 0 saturated heterocycles. The van der Waals surface area contributed by atoms with Gasteiger partial charge in [0, 0.05) is 39.6 Å². The number of ether oxygens (including phenoxy) is 2. The Kier molecular flexibility index (Phi) is 7.82. The number of benzene rings is 9. The van der Waals surface area contributed by atoms with E-state index in [1.807, 2.05) is 6.07 Å². The molecule has 0 atom stereocenters. The first-order valence-electron chi connectivity index (χ1n) is 20.4. The maximum Gasteiger partial charge on any atom is 0.260 e. The summed E-state index contributed by atoms with van der Waals surface area (Å²) in [5.74, 6) is 3.21. The second-order valence-electron chi connectivity index (χ2n) is 15.7. The second-order valence-corrected chi connectivity index (χ2v) is 15.7. The number of nitrogens with zero attached hydrogens (tertiary/aromatic N) is 1. The van der Waals surface area contributed by atoms with Crippen LogP contribution in [-0.4, -0.2) is 6.71 Å². The Morgan fingerprint density at radius 3 is 1.55 bits per heavy atom. The number of aryl methyl sites for hydroxylation is 1. The van der Waals surface area contributed by atoms with Crippen LogP contribution in [0.3, 0.4) is 0 Å². The highest BCUT2D eigenvalue weighted by molar-refractivity contribution is 6.98. The normalized spacial score (nSPS) is 12.3. The molecule has 0 bridgehead atoms. The van der Waals surface area contributed by atoms with E-state index in [1.165, 1.54) is 0 Å². The average Bonchev–Trinajstić information content (AvgIpc) is 3.69. The fraction of sp³-hybridized carbons (Fsp3) is 0.0182. The van der Waals surface area contributed by atoms with Crippen LogP contribution in [0.25, 0.3) is 55.3 Å². The van der Waals surface area contributed by atoms with Crippen LogP contribution in [0.4, 0.5) is 17.1 Å². The van der Waals surface area contributed by atoms with Crippen molar-refractivity contribution in [2.45, 2.75) is 6.92 Å². The molecule has 4 nitrogen and oxygen atoms in total. The highest BCUT2D eigenvalue weighted by atomic mass is 16.5. The number of hydrogen-bond acceptors (Lipinski definition) is 4. The molecule has 0 spiro atoms.